The highest BCUT2D eigenvalue weighted by atomic mass is 79.9. The molecule has 1 aliphatic rings. The number of imidazole rings is 1. The number of carbonyl (C=O) groups is 1. The van der Waals surface area contributed by atoms with E-state index in [9.17, 15) is 4.79 Å². The van der Waals surface area contributed by atoms with Crippen molar-refractivity contribution in [3.8, 4) is 0 Å². The van der Waals surface area contributed by atoms with Crippen LogP contribution in [0.25, 0.3) is 0 Å². The van der Waals surface area contributed by atoms with Crippen LogP contribution >= 0.6 is 15.9 Å². The Bertz CT molecular complexity index is 578. The Balaban J connectivity index is 1.75. The van der Waals surface area contributed by atoms with Crippen molar-refractivity contribution in [3.63, 3.8) is 0 Å². The number of Topliss-reactive ketones (excluding diaryl/α,β-unsaturated/α-hetero) is 1. The maximum Gasteiger partial charge on any atom is 0.170 e. The number of halogens is 1. The van der Waals surface area contributed by atoms with Crippen molar-refractivity contribution in [1.29, 1.82) is 0 Å². The fourth-order valence-corrected chi connectivity index (χ4v) is 2.75. The first-order chi connectivity index (χ1) is 9.22. The molecule has 0 amide bonds. The van der Waals surface area contributed by atoms with Gasteiger partial charge in [0.25, 0.3) is 0 Å². The van der Waals surface area contributed by atoms with Crippen LogP contribution in [0, 0.1) is 0 Å². The first kappa shape index (κ1) is 12.6. The van der Waals surface area contributed by atoms with Crippen LogP contribution in [0.3, 0.4) is 0 Å². The van der Waals surface area contributed by atoms with Crippen molar-refractivity contribution in [1.82, 2.24) is 9.97 Å². The molecule has 19 heavy (non-hydrogen) atoms. The molecule has 1 aliphatic carbocycles. The average molecular weight is 319 g/mol. The number of nitrogens with one attached hydrogen (secondary N) is 1. The molecule has 1 N–H and O–H groups in total. The molecule has 0 atom stereocenters. The summed E-state index contributed by atoms with van der Waals surface area (Å²) in [7, 11) is 0. The number of benzene rings is 1. The third-order valence-electron chi connectivity index (χ3n) is 3.50. The van der Waals surface area contributed by atoms with Gasteiger partial charge in [-0.3, -0.25) is 4.79 Å². The van der Waals surface area contributed by atoms with Crippen molar-refractivity contribution in [2.75, 3.05) is 0 Å². The fourth-order valence-electron chi connectivity index (χ4n) is 2.49. The topological polar surface area (TPSA) is 45.8 Å². The lowest BCUT2D eigenvalue weighted by molar-refractivity contribution is 0.0991. The third-order valence-corrected chi connectivity index (χ3v) is 4.03. The lowest BCUT2D eigenvalue weighted by Gasteiger charge is -2.07. The van der Waals surface area contributed by atoms with Gasteiger partial charge in [-0.05, 0) is 37.8 Å². The molecule has 0 saturated carbocycles. The van der Waals surface area contributed by atoms with Crippen LogP contribution in [0.1, 0.15) is 40.4 Å². The van der Waals surface area contributed by atoms with Crippen LogP contribution in [0.15, 0.2) is 28.7 Å². The molecule has 98 valence electrons. The Hall–Kier alpha value is -1.42. The number of rotatable bonds is 3. The van der Waals surface area contributed by atoms with Gasteiger partial charge in [0.05, 0.1) is 12.1 Å². The van der Waals surface area contributed by atoms with Gasteiger partial charge in [-0.15, -0.1) is 0 Å². The molecule has 0 saturated heterocycles. The largest absolute Gasteiger partial charge is 0.345 e. The third kappa shape index (κ3) is 2.78. The number of aromatic amines is 1. The number of hydrogen-bond acceptors (Lipinski definition) is 2. The number of carbonyl (C=O) groups excluding carboxylic acids is 1. The molecule has 0 unspecified atom stereocenters. The van der Waals surface area contributed by atoms with Gasteiger partial charge in [0.1, 0.15) is 5.82 Å². The molecule has 3 rings (SSSR count). The van der Waals surface area contributed by atoms with Crippen LogP contribution in [0.5, 0.6) is 0 Å². The van der Waals surface area contributed by atoms with E-state index < -0.39 is 0 Å². The van der Waals surface area contributed by atoms with Gasteiger partial charge in [0, 0.05) is 15.7 Å². The predicted octanol–water partition coefficient (Wildman–Crippen LogP) is 3.48. The van der Waals surface area contributed by atoms with Crippen molar-refractivity contribution in [2.24, 2.45) is 0 Å². The van der Waals surface area contributed by atoms with E-state index in [1.54, 1.807) is 0 Å². The lowest BCUT2D eigenvalue weighted by atomic mass is 10.0. The van der Waals surface area contributed by atoms with Gasteiger partial charge in [0.2, 0.25) is 0 Å². The molecule has 0 aliphatic heterocycles. The maximum atomic E-state index is 12.2. The molecule has 0 fully saturated rings. The summed E-state index contributed by atoms with van der Waals surface area (Å²) in [5, 5.41) is 0. The number of H-pyrrole nitrogens is 1. The minimum absolute atomic E-state index is 0.110. The summed E-state index contributed by atoms with van der Waals surface area (Å²) in [5.41, 5.74) is 3.12. The first-order valence-corrected chi connectivity index (χ1v) is 7.37. The Morgan fingerprint density at radius 1 is 1.21 bits per heavy atom. The smallest absolute Gasteiger partial charge is 0.170 e. The Kier molecular flexibility index (Phi) is 3.51. The van der Waals surface area contributed by atoms with Gasteiger partial charge in [0.15, 0.2) is 5.78 Å². The molecule has 3 nitrogen and oxygen atoms in total. The zero-order valence-corrected chi connectivity index (χ0v) is 12.2. The summed E-state index contributed by atoms with van der Waals surface area (Å²) in [6.07, 6.45) is 4.88. The number of nitrogens with zero attached hydrogens (tertiary/aromatic N) is 1. The fraction of sp³-hybridized carbons (Fsp3) is 0.333. The van der Waals surface area contributed by atoms with Crippen LogP contribution < -0.4 is 0 Å². The van der Waals surface area contributed by atoms with Gasteiger partial charge < -0.3 is 4.98 Å². The molecular formula is C15H15BrN2O. The maximum absolute atomic E-state index is 12.2. The van der Waals surface area contributed by atoms with Gasteiger partial charge >= 0.3 is 0 Å². The summed E-state index contributed by atoms with van der Waals surface area (Å²) in [5.74, 6) is 0.915. The highest BCUT2D eigenvalue weighted by Crippen LogP contribution is 2.19. The van der Waals surface area contributed by atoms with E-state index in [1.165, 1.54) is 18.5 Å². The Morgan fingerprint density at radius 3 is 2.68 bits per heavy atom. The predicted molar refractivity (Wildman–Crippen MR) is 77.4 cm³/mol. The average Bonchev–Trinajstić information content (AvgIpc) is 2.81. The molecule has 0 bridgehead atoms. The number of fused-ring (bicyclic) bond motifs is 1. The molecule has 0 spiro atoms. The molecule has 1 heterocycles. The van der Waals surface area contributed by atoms with E-state index in [4.69, 9.17) is 0 Å². The minimum Gasteiger partial charge on any atom is -0.345 e. The van der Waals surface area contributed by atoms with E-state index in [0.717, 1.165) is 34.4 Å². The Morgan fingerprint density at radius 2 is 1.95 bits per heavy atom. The first-order valence-electron chi connectivity index (χ1n) is 6.58. The molecule has 0 radical (unpaired) electrons. The molecular weight excluding hydrogens is 304 g/mol. The summed E-state index contributed by atoms with van der Waals surface area (Å²) < 4.78 is 0.984. The number of ketones is 1. The van der Waals surface area contributed by atoms with Gasteiger partial charge in [-0.2, -0.15) is 0 Å². The normalized spacial score (nSPS) is 14.2. The van der Waals surface area contributed by atoms with Crippen molar-refractivity contribution in [2.45, 2.75) is 32.1 Å². The highest BCUT2D eigenvalue weighted by molar-refractivity contribution is 9.10. The highest BCUT2D eigenvalue weighted by Gasteiger charge is 2.16. The zero-order valence-electron chi connectivity index (χ0n) is 10.6. The van der Waals surface area contributed by atoms with Crippen molar-refractivity contribution < 1.29 is 4.79 Å². The van der Waals surface area contributed by atoms with Gasteiger partial charge in [-0.1, -0.05) is 28.1 Å². The molecule has 1 aromatic carbocycles. The standard InChI is InChI=1S/C15H15BrN2O/c16-11-7-5-10(6-8-11)14(19)9-15-17-12-3-1-2-4-13(12)18-15/h5-8H,1-4,9H2,(H,17,18). The second-order valence-electron chi connectivity index (χ2n) is 4.92. The van der Waals surface area contributed by atoms with Crippen LogP contribution in [0.2, 0.25) is 0 Å². The quantitative estimate of drug-likeness (QED) is 0.881. The van der Waals surface area contributed by atoms with Crippen LogP contribution in [-0.2, 0) is 19.3 Å². The van der Waals surface area contributed by atoms with E-state index in [1.807, 2.05) is 24.3 Å². The van der Waals surface area contributed by atoms with E-state index in [0.29, 0.717) is 6.42 Å². The summed E-state index contributed by atoms with van der Waals surface area (Å²) >= 11 is 3.37. The second-order valence-corrected chi connectivity index (χ2v) is 5.84. The zero-order chi connectivity index (χ0) is 13.2. The Labute approximate surface area is 120 Å². The van der Waals surface area contributed by atoms with Gasteiger partial charge in [-0.25, -0.2) is 4.98 Å². The van der Waals surface area contributed by atoms with E-state index in [-0.39, 0.29) is 5.78 Å². The number of aryl methyl sites for hydroxylation is 2. The number of aromatic nitrogens is 2. The van der Waals surface area contributed by atoms with Crippen LogP contribution in [0.4, 0.5) is 0 Å². The molecule has 1 aromatic heterocycles. The van der Waals surface area contributed by atoms with E-state index in [2.05, 4.69) is 25.9 Å². The SMILES string of the molecule is O=C(Cc1nc2c([nH]1)CCCC2)c1ccc(Br)cc1. The van der Waals surface area contributed by atoms with Crippen LogP contribution in [-0.4, -0.2) is 15.8 Å². The summed E-state index contributed by atoms with van der Waals surface area (Å²) in [4.78, 5) is 20.0. The summed E-state index contributed by atoms with van der Waals surface area (Å²) in [6.45, 7) is 0. The molecule has 4 heteroatoms. The lowest BCUT2D eigenvalue weighted by Crippen LogP contribution is -2.04. The van der Waals surface area contributed by atoms with Crippen molar-refractivity contribution >= 4 is 21.7 Å². The minimum atomic E-state index is 0.110. The van der Waals surface area contributed by atoms with E-state index >= 15 is 0 Å². The number of hydrogen-bond donors (Lipinski definition) is 1. The van der Waals surface area contributed by atoms with Crippen molar-refractivity contribution in [3.05, 3.63) is 51.5 Å². The second kappa shape index (κ2) is 5.29. The molecule has 2 aromatic rings. The summed E-state index contributed by atoms with van der Waals surface area (Å²) in [6, 6.07) is 7.46. The monoisotopic (exact) mass is 318 g/mol.